The van der Waals surface area contributed by atoms with Gasteiger partial charge in [-0.1, -0.05) is 42.1 Å². The molecular formula is C21H22N2O2S. The van der Waals surface area contributed by atoms with Crippen molar-refractivity contribution in [3.8, 4) is 5.69 Å². The van der Waals surface area contributed by atoms with E-state index in [9.17, 15) is 4.79 Å². The van der Waals surface area contributed by atoms with E-state index >= 15 is 0 Å². The minimum atomic E-state index is -0.0113. The lowest BCUT2D eigenvalue weighted by molar-refractivity contribution is 0.129. The number of thioether (sulfide) groups is 1. The number of aryl methyl sites for hydroxylation is 2. The van der Waals surface area contributed by atoms with E-state index in [1.807, 2.05) is 56.3 Å². The zero-order chi connectivity index (χ0) is 18.1. The van der Waals surface area contributed by atoms with Crippen molar-refractivity contribution in [1.29, 1.82) is 0 Å². The summed E-state index contributed by atoms with van der Waals surface area (Å²) in [6, 6.07) is 13.7. The van der Waals surface area contributed by atoms with E-state index in [0.717, 1.165) is 52.7 Å². The summed E-state index contributed by atoms with van der Waals surface area (Å²) in [5.74, 6) is 0.815. The molecule has 4 nitrogen and oxygen atoms in total. The molecule has 1 atom stereocenters. The van der Waals surface area contributed by atoms with Gasteiger partial charge in [-0.05, 0) is 49.9 Å². The Hall–Kier alpha value is -2.11. The summed E-state index contributed by atoms with van der Waals surface area (Å²) in [4.78, 5) is 18.2. The van der Waals surface area contributed by atoms with Gasteiger partial charge in [-0.3, -0.25) is 9.36 Å². The summed E-state index contributed by atoms with van der Waals surface area (Å²) in [7, 11) is 0. The third kappa shape index (κ3) is 3.17. The molecule has 1 fully saturated rings. The zero-order valence-corrected chi connectivity index (χ0v) is 15.9. The van der Waals surface area contributed by atoms with Gasteiger partial charge in [0.05, 0.1) is 22.7 Å². The lowest BCUT2D eigenvalue weighted by Gasteiger charge is -2.18. The molecule has 134 valence electrons. The number of hydrogen-bond donors (Lipinski definition) is 0. The fourth-order valence-corrected chi connectivity index (χ4v) is 4.57. The van der Waals surface area contributed by atoms with Crippen LogP contribution >= 0.6 is 11.8 Å². The molecule has 1 saturated heterocycles. The van der Waals surface area contributed by atoms with Crippen molar-refractivity contribution in [2.24, 2.45) is 0 Å². The molecule has 3 aromatic rings. The first-order chi connectivity index (χ1) is 12.6. The maximum atomic E-state index is 13.3. The topological polar surface area (TPSA) is 44.1 Å². The van der Waals surface area contributed by atoms with Gasteiger partial charge in [-0.2, -0.15) is 0 Å². The van der Waals surface area contributed by atoms with E-state index in [1.165, 1.54) is 0 Å². The fourth-order valence-electron chi connectivity index (χ4n) is 3.51. The molecule has 1 aliphatic rings. The van der Waals surface area contributed by atoms with Crippen LogP contribution in [0.4, 0.5) is 0 Å². The monoisotopic (exact) mass is 366 g/mol. The van der Waals surface area contributed by atoms with E-state index in [4.69, 9.17) is 9.72 Å². The summed E-state index contributed by atoms with van der Waals surface area (Å²) < 4.78 is 7.53. The molecule has 2 heterocycles. The number of rotatable bonds is 4. The average molecular weight is 366 g/mol. The highest BCUT2D eigenvalue weighted by atomic mass is 32.2. The third-order valence-electron chi connectivity index (χ3n) is 4.83. The minimum Gasteiger partial charge on any atom is -0.377 e. The van der Waals surface area contributed by atoms with Crippen molar-refractivity contribution in [2.45, 2.75) is 37.9 Å². The van der Waals surface area contributed by atoms with Crippen LogP contribution in [-0.2, 0) is 4.74 Å². The van der Waals surface area contributed by atoms with Crippen LogP contribution in [-0.4, -0.2) is 28.0 Å². The predicted octanol–water partition coefficient (Wildman–Crippen LogP) is 4.27. The summed E-state index contributed by atoms with van der Waals surface area (Å²) in [6.45, 7) is 4.91. The normalized spacial score (nSPS) is 17.1. The number of para-hydroxylation sites is 2. The summed E-state index contributed by atoms with van der Waals surface area (Å²) in [6.07, 6.45) is 2.43. The molecule has 0 N–H and O–H groups in total. The van der Waals surface area contributed by atoms with Crippen molar-refractivity contribution in [1.82, 2.24) is 9.55 Å². The van der Waals surface area contributed by atoms with Crippen LogP contribution in [0, 0.1) is 13.8 Å². The lowest BCUT2D eigenvalue weighted by atomic mass is 10.1. The van der Waals surface area contributed by atoms with Gasteiger partial charge in [0.2, 0.25) is 0 Å². The molecule has 0 spiro atoms. The Labute approximate surface area is 157 Å². The average Bonchev–Trinajstić information content (AvgIpc) is 3.15. The third-order valence-corrected chi connectivity index (χ3v) is 5.90. The molecule has 5 heteroatoms. The first kappa shape index (κ1) is 17.3. The molecule has 1 aromatic heterocycles. The zero-order valence-electron chi connectivity index (χ0n) is 15.1. The first-order valence-corrected chi connectivity index (χ1v) is 9.96. The van der Waals surface area contributed by atoms with Crippen LogP contribution < -0.4 is 5.56 Å². The SMILES string of the molecule is Cc1cccc(C)c1-n1c(SC[C@@H]2CCCO2)nc2ccccc2c1=O. The van der Waals surface area contributed by atoms with Crippen LogP contribution in [0.25, 0.3) is 16.6 Å². The van der Waals surface area contributed by atoms with Gasteiger partial charge >= 0.3 is 0 Å². The molecule has 0 radical (unpaired) electrons. The van der Waals surface area contributed by atoms with Gasteiger partial charge < -0.3 is 4.74 Å². The highest BCUT2D eigenvalue weighted by Crippen LogP contribution is 2.27. The highest BCUT2D eigenvalue weighted by Gasteiger charge is 2.20. The standard InChI is InChI=1S/C21H22N2O2S/c1-14-7-5-8-15(2)19(14)23-20(24)17-10-3-4-11-18(17)22-21(23)26-13-16-9-6-12-25-16/h3-5,7-8,10-11,16H,6,9,12-13H2,1-2H3/t16-/m0/s1. The molecule has 1 aliphatic heterocycles. The van der Waals surface area contributed by atoms with Gasteiger partial charge in [-0.15, -0.1) is 0 Å². The smallest absolute Gasteiger partial charge is 0.266 e. The van der Waals surface area contributed by atoms with Gasteiger partial charge in [0.1, 0.15) is 0 Å². The number of nitrogens with zero attached hydrogens (tertiary/aromatic N) is 2. The maximum absolute atomic E-state index is 13.3. The number of hydrogen-bond acceptors (Lipinski definition) is 4. The number of aromatic nitrogens is 2. The van der Waals surface area contributed by atoms with Gasteiger partial charge in [0.25, 0.3) is 5.56 Å². The number of fused-ring (bicyclic) bond motifs is 1. The Morgan fingerprint density at radius 2 is 1.92 bits per heavy atom. The second kappa shape index (κ2) is 7.25. The molecule has 0 bridgehead atoms. The largest absolute Gasteiger partial charge is 0.377 e. The molecule has 0 unspecified atom stereocenters. The van der Waals surface area contributed by atoms with Crippen LogP contribution in [0.3, 0.4) is 0 Å². The molecular weight excluding hydrogens is 344 g/mol. The number of benzene rings is 2. The van der Waals surface area contributed by atoms with Crippen LogP contribution in [0.5, 0.6) is 0 Å². The Bertz CT molecular complexity index is 986. The Kier molecular flexibility index (Phi) is 4.83. The second-order valence-electron chi connectivity index (χ2n) is 6.74. The quantitative estimate of drug-likeness (QED) is 0.511. The molecule has 4 rings (SSSR count). The van der Waals surface area contributed by atoms with E-state index in [1.54, 1.807) is 16.3 Å². The predicted molar refractivity (Wildman–Crippen MR) is 107 cm³/mol. The van der Waals surface area contributed by atoms with Crippen LogP contribution in [0.15, 0.2) is 52.4 Å². The molecule has 0 amide bonds. The minimum absolute atomic E-state index is 0.0113. The summed E-state index contributed by atoms with van der Waals surface area (Å²) in [5.41, 5.74) is 3.81. The van der Waals surface area contributed by atoms with Crippen molar-refractivity contribution in [3.05, 3.63) is 63.9 Å². The van der Waals surface area contributed by atoms with Crippen molar-refractivity contribution in [2.75, 3.05) is 12.4 Å². The molecule has 26 heavy (non-hydrogen) atoms. The number of ether oxygens (including phenoxy) is 1. The first-order valence-electron chi connectivity index (χ1n) is 8.98. The Balaban J connectivity index is 1.89. The van der Waals surface area contributed by atoms with E-state index < -0.39 is 0 Å². The highest BCUT2D eigenvalue weighted by molar-refractivity contribution is 7.99. The van der Waals surface area contributed by atoms with Gasteiger partial charge in [0, 0.05) is 12.4 Å². The lowest BCUT2D eigenvalue weighted by Crippen LogP contribution is -2.24. The molecule has 0 saturated carbocycles. The van der Waals surface area contributed by atoms with Crippen molar-refractivity contribution in [3.63, 3.8) is 0 Å². The van der Waals surface area contributed by atoms with Crippen LogP contribution in [0.2, 0.25) is 0 Å². The molecule has 2 aromatic carbocycles. The van der Waals surface area contributed by atoms with Gasteiger partial charge in [-0.25, -0.2) is 4.98 Å². The van der Waals surface area contributed by atoms with Crippen LogP contribution in [0.1, 0.15) is 24.0 Å². The maximum Gasteiger partial charge on any atom is 0.266 e. The summed E-state index contributed by atoms with van der Waals surface area (Å²) in [5, 5.41) is 1.39. The fraction of sp³-hybridized carbons (Fsp3) is 0.333. The molecule has 0 aliphatic carbocycles. The Morgan fingerprint density at radius 3 is 2.65 bits per heavy atom. The van der Waals surface area contributed by atoms with Crippen molar-refractivity contribution < 1.29 is 4.74 Å². The summed E-state index contributed by atoms with van der Waals surface area (Å²) >= 11 is 1.61. The second-order valence-corrected chi connectivity index (χ2v) is 7.73. The Morgan fingerprint density at radius 1 is 1.15 bits per heavy atom. The van der Waals surface area contributed by atoms with Gasteiger partial charge in [0.15, 0.2) is 5.16 Å². The van der Waals surface area contributed by atoms with E-state index in [0.29, 0.717) is 5.39 Å². The van der Waals surface area contributed by atoms with Crippen molar-refractivity contribution >= 4 is 22.7 Å². The van der Waals surface area contributed by atoms with E-state index in [-0.39, 0.29) is 11.7 Å². The van der Waals surface area contributed by atoms with E-state index in [2.05, 4.69) is 0 Å².